The number of carbonyl (C=O) groups is 2. The summed E-state index contributed by atoms with van der Waals surface area (Å²) in [6.07, 6.45) is 9.42. The van der Waals surface area contributed by atoms with Crippen LogP contribution < -0.4 is 14.8 Å². The van der Waals surface area contributed by atoms with Gasteiger partial charge in [-0.1, -0.05) is 24.3 Å². The first-order valence-corrected chi connectivity index (χ1v) is 14.0. The maximum absolute atomic E-state index is 13.0. The first-order valence-electron chi connectivity index (χ1n) is 14.0. The van der Waals surface area contributed by atoms with Gasteiger partial charge in [0.25, 0.3) is 0 Å². The molecule has 0 unspecified atom stereocenters. The van der Waals surface area contributed by atoms with Crippen molar-refractivity contribution in [2.45, 2.75) is 62.5 Å². The van der Waals surface area contributed by atoms with E-state index in [1.807, 2.05) is 55.7 Å². The Morgan fingerprint density at radius 2 is 1.85 bits per heavy atom. The lowest BCUT2D eigenvalue weighted by Gasteiger charge is -2.60. The summed E-state index contributed by atoms with van der Waals surface area (Å²) in [5.41, 5.74) is 1.32. The second kappa shape index (κ2) is 11.5. The quantitative estimate of drug-likeness (QED) is 0.286. The van der Waals surface area contributed by atoms with Crippen molar-refractivity contribution in [1.29, 1.82) is 0 Å². The van der Waals surface area contributed by atoms with Gasteiger partial charge in [-0.25, -0.2) is 0 Å². The molecule has 2 saturated carbocycles. The zero-order valence-electron chi connectivity index (χ0n) is 23.3. The van der Waals surface area contributed by atoms with Crippen LogP contribution in [0.25, 0.3) is 6.08 Å². The van der Waals surface area contributed by atoms with Crippen LogP contribution in [0.2, 0.25) is 0 Å². The fraction of sp³-hybridized carbons (Fsp3) is 0.500. The van der Waals surface area contributed by atoms with Gasteiger partial charge in [0.1, 0.15) is 11.5 Å². The lowest BCUT2D eigenvalue weighted by Crippen LogP contribution is -2.68. The van der Waals surface area contributed by atoms with Crippen LogP contribution in [-0.4, -0.2) is 62.3 Å². The summed E-state index contributed by atoms with van der Waals surface area (Å²) in [5.74, 6) is 1.67. The molecular formula is C32H40N2O5. The van der Waals surface area contributed by atoms with Gasteiger partial charge >= 0.3 is 5.97 Å². The first-order chi connectivity index (χ1) is 18.8. The smallest absolute Gasteiger partial charge is 0.308 e. The van der Waals surface area contributed by atoms with Crippen LogP contribution in [0, 0.1) is 5.92 Å². The number of amides is 1. The summed E-state index contributed by atoms with van der Waals surface area (Å²) in [4.78, 5) is 27.3. The number of hydrogen-bond donors (Lipinski definition) is 1. The van der Waals surface area contributed by atoms with Crippen LogP contribution in [0.3, 0.4) is 0 Å². The minimum atomic E-state index is -0.382. The number of benzene rings is 2. The maximum Gasteiger partial charge on any atom is 0.308 e. The van der Waals surface area contributed by atoms with Gasteiger partial charge < -0.3 is 24.4 Å². The maximum atomic E-state index is 13.0. The van der Waals surface area contributed by atoms with Crippen molar-refractivity contribution in [2.24, 2.45) is 5.92 Å². The van der Waals surface area contributed by atoms with Crippen molar-refractivity contribution in [3.05, 3.63) is 65.7 Å². The lowest BCUT2D eigenvalue weighted by atomic mass is 9.55. The van der Waals surface area contributed by atoms with Gasteiger partial charge in [0.05, 0.1) is 12.7 Å². The van der Waals surface area contributed by atoms with Crippen molar-refractivity contribution in [2.75, 3.05) is 33.9 Å². The summed E-state index contributed by atoms with van der Waals surface area (Å²) in [5, 5.41) is 3.28. The molecule has 3 fully saturated rings. The van der Waals surface area contributed by atoms with Crippen LogP contribution in [0.4, 0.5) is 0 Å². The highest BCUT2D eigenvalue weighted by Gasteiger charge is 2.59. The number of esters is 1. The zero-order chi connectivity index (χ0) is 27.5. The molecule has 1 amide bonds. The predicted molar refractivity (Wildman–Crippen MR) is 151 cm³/mol. The van der Waals surface area contributed by atoms with E-state index in [1.165, 1.54) is 19.8 Å². The van der Waals surface area contributed by atoms with Crippen LogP contribution in [0.15, 0.2) is 54.6 Å². The highest BCUT2D eigenvalue weighted by atomic mass is 16.5. The van der Waals surface area contributed by atoms with Gasteiger partial charge in [0, 0.05) is 44.7 Å². The summed E-state index contributed by atoms with van der Waals surface area (Å²) in [6.45, 7) is 4.40. The van der Waals surface area contributed by atoms with Crippen molar-refractivity contribution >= 4 is 18.0 Å². The average molecular weight is 533 g/mol. The molecule has 1 heterocycles. The molecular weight excluding hydrogens is 492 g/mol. The molecule has 5 rings (SSSR count). The highest BCUT2D eigenvalue weighted by Crippen LogP contribution is 2.54. The second-order valence-electron chi connectivity index (χ2n) is 11.4. The molecule has 3 aliphatic rings. The van der Waals surface area contributed by atoms with Crippen molar-refractivity contribution in [1.82, 2.24) is 10.2 Å². The van der Waals surface area contributed by atoms with E-state index in [0.717, 1.165) is 68.1 Å². The van der Waals surface area contributed by atoms with E-state index in [-0.39, 0.29) is 28.9 Å². The van der Waals surface area contributed by atoms with Gasteiger partial charge in [-0.15, -0.1) is 0 Å². The lowest BCUT2D eigenvalue weighted by molar-refractivity contribution is -0.150. The number of nitrogens with one attached hydrogen (secondary N) is 1. The Hall–Kier alpha value is -3.16. The monoisotopic (exact) mass is 532 g/mol. The third kappa shape index (κ3) is 6.04. The Balaban J connectivity index is 1.39. The summed E-state index contributed by atoms with van der Waals surface area (Å²) >= 11 is 0. The molecule has 2 aromatic carbocycles. The van der Waals surface area contributed by atoms with Crippen molar-refractivity contribution in [3.63, 3.8) is 0 Å². The number of hydrogen-bond acceptors (Lipinski definition) is 6. The number of nitrogens with zero attached hydrogens (tertiary/aromatic N) is 1. The van der Waals surface area contributed by atoms with Gasteiger partial charge in [-0.2, -0.15) is 0 Å². The van der Waals surface area contributed by atoms with E-state index in [9.17, 15) is 9.59 Å². The van der Waals surface area contributed by atoms with Crippen molar-refractivity contribution in [3.8, 4) is 11.5 Å². The Morgan fingerprint density at radius 3 is 2.59 bits per heavy atom. The van der Waals surface area contributed by atoms with Gasteiger partial charge in [-0.3, -0.25) is 9.59 Å². The number of fused-ring (bicyclic) bond motifs is 1. The van der Waals surface area contributed by atoms with E-state index in [0.29, 0.717) is 5.75 Å². The van der Waals surface area contributed by atoms with E-state index in [1.54, 1.807) is 13.2 Å². The first kappa shape index (κ1) is 27.4. The molecule has 1 saturated heterocycles. The third-order valence-electron chi connectivity index (χ3n) is 8.82. The number of carbonyl (C=O) groups excluding carboxylic acids is 2. The molecule has 0 radical (unpaired) electrons. The van der Waals surface area contributed by atoms with Crippen LogP contribution in [-0.2, 0) is 19.7 Å². The fourth-order valence-electron chi connectivity index (χ4n) is 6.73. The van der Waals surface area contributed by atoms with E-state index >= 15 is 0 Å². The predicted octanol–water partition coefficient (Wildman–Crippen LogP) is 4.74. The number of piperidine rings is 1. The second-order valence-corrected chi connectivity index (χ2v) is 11.4. The molecule has 0 bridgehead atoms. The Labute approximate surface area is 231 Å². The Morgan fingerprint density at radius 1 is 1.05 bits per heavy atom. The Kier molecular flexibility index (Phi) is 8.10. The van der Waals surface area contributed by atoms with E-state index in [2.05, 4.69) is 16.3 Å². The number of rotatable bonds is 9. The summed E-state index contributed by atoms with van der Waals surface area (Å²) in [6, 6.07) is 15.5. The third-order valence-corrected chi connectivity index (χ3v) is 8.82. The van der Waals surface area contributed by atoms with Gasteiger partial charge in [-0.05, 0) is 92.5 Å². The number of ether oxygens (including phenoxy) is 3. The van der Waals surface area contributed by atoms with Crippen LogP contribution in [0.1, 0.15) is 56.6 Å². The summed E-state index contributed by atoms with van der Waals surface area (Å²) < 4.78 is 17.3. The van der Waals surface area contributed by atoms with E-state index < -0.39 is 0 Å². The van der Waals surface area contributed by atoms with Gasteiger partial charge in [0.2, 0.25) is 5.91 Å². The highest BCUT2D eigenvalue weighted by molar-refractivity contribution is 5.92. The number of likely N-dealkylation sites (tertiary alicyclic amines) is 1. The number of methoxy groups -OCH3 is 2. The van der Waals surface area contributed by atoms with E-state index in [4.69, 9.17) is 14.2 Å². The summed E-state index contributed by atoms with van der Waals surface area (Å²) in [7, 11) is 3.47. The largest absolute Gasteiger partial charge is 0.497 e. The fourth-order valence-corrected chi connectivity index (χ4v) is 6.73. The minimum absolute atomic E-state index is 0.00287. The molecule has 2 aromatic rings. The molecule has 0 aromatic heterocycles. The molecule has 208 valence electrons. The standard InChI is InChI=1S/C32H40N2O5/c1-23(35)39-29-9-5-7-26(19-29)31-16-17-34(21-25-10-11-25)22-32(31,38-3)15-14-27(20-31)33-30(36)13-12-24-6-4-8-28(18-24)37-2/h4-9,12-13,18-19,25,27H,10-11,14-17,20-22H2,1-3H3,(H,33,36)/t27-,31+,32+/m1/s1. The van der Waals surface area contributed by atoms with Crippen LogP contribution >= 0.6 is 0 Å². The molecule has 2 aliphatic carbocycles. The topological polar surface area (TPSA) is 77.1 Å². The molecule has 1 aliphatic heterocycles. The SMILES string of the molecule is COc1cccc(C=CC(=O)N[C@@H]2CC[C@]3(OC)CN(CC4CC4)CC[C@@]3(c3cccc(OC(C)=O)c3)C2)c1. The molecule has 7 heteroatoms. The zero-order valence-corrected chi connectivity index (χ0v) is 23.3. The molecule has 1 N–H and O–H groups in total. The van der Waals surface area contributed by atoms with Gasteiger partial charge in [0.15, 0.2) is 0 Å². The molecule has 0 spiro atoms. The van der Waals surface area contributed by atoms with Crippen LogP contribution in [0.5, 0.6) is 11.5 Å². The average Bonchev–Trinajstić information content (AvgIpc) is 3.76. The molecule has 7 nitrogen and oxygen atoms in total. The normalized spacial score (nSPS) is 27.1. The molecule has 3 atom stereocenters. The molecule has 39 heavy (non-hydrogen) atoms. The Bertz CT molecular complexity index is 1220. The van der Waals surface area contributed by atoms with Crippen molar-refractivity contribution < 1.29 is 23.8 Å². The minimum Gasteiger partial charge on any atom is -0.497 e.